The molecule has 31 heavy (non-hydrogen) atoms. The molecule has 2 N–H and O–H groups in total. The predicted molar refractivity (Wildman–Crippen MR) is 125 cm³/mol. The van der Waals surface area contributed by atoms with E-state index in [0.29, 0.717) is 6.04 Å². The molecule has 0 amide bonds. The van der Waals surface area contributed by atoms with Crippen LogP contribution in [0.5, 0.6) is 0 Å². The fraction of sp³-hybridized carbons (Fsp3) is 0.400. The SMILES string of the molecule is C[C@H](c1ccc2nnc(-c3ccc4cccc(C(C)(C)C)c4n3)n2c1)N1CC[C@H](N)C1. The number of likely N-dealkylation sites (tertiary alicyclic amines) is 1. The first-order valence-corrected chi connectivity index (χ1v) is 11.1. The molecule has 2 atom stereocenters. The third-order valence-corrected chi connectivity index (χ3v) is 6.47. The number of hydrogen-bond donors (Lipinski definition) is 1. The molecule has 1 fully saturated rings. The fourth-order valence-corrected chi connectivity index (χ4v) is 4.58. The molecule has 1 aromatic carbocycles. The van der Waals surface area contributed by atoms with Gasteiger partial charge < -0.3 is 5.73 Å². The Morgan fingerprint density at radius 2 is 1.90 bits per heavy atom. The summed E-state index contributed by atoms with van der Waals surface area (Å²) in [5.41, 5.74) is 11.3. The van der Waals surface area contributed by atoms with Crippen molar-refractivity contribution in [3.05, 3.63) is 59.8 Å². The molecule has 1 aliphatic heterocycles. The average molecular weight is 415 g/mol. The summed E-state index contributed by atoms with van der Waals surface area (Å²) < 4.78 is 2.07. The standard InChI is InChI=1S/C25H30N6/c1-16(30-13-12-19(26)15-30)18-9-11-22-28-29-24(31(22)14-18)21-10-8-17-6-5-7-20(23(17)27-21)25(2,3)4/h5-11,14,16,19H,12-13,15,26H2,1-4H3/t16-,19+/m1/s1. The van der Waals surface area contributed by atoms with E-state index in [0.717, 1.165) is 47.6 Å². The summed E-state index contributed by atoms with van der Waals surface area (Å²) in [4.78, 5) is 7.49. The molecule has 0 unspecified atom stereocenters. The van der Waals surface area contributed by atoms with Gasteiger partial charge in [-0.25, -0.2) is 4.98 Å². The number of aromatic nitrogens is 4. The van der Waals surface area contributed by atoms with Crippen molar-refractivity contribution in [2.24, 2.45) is 5.73 Å². The molecule has 6 nitrogen and oxygen atoms in total. The summed E-state index contributed by atoms with van der Waals surface area (Å²) >= 11 is 0. The molecule has 0 saturated carbocycles. The van der Waals surface area contributed by atoms with Gasteiger partial charge in [0.15, 0.2) is 11.5 Å². The largest absolute Gasteiger partial charge is 0.326 e. The number of benzene rings is 1. The van der Waals surface area contributed by atoms with Crippen LogP contribution in [0.25, 0.3) is 28.1 Å². The van der Waals surface area contributed by atoms with E-state index in [1.54, 1.807) is 0 Å². The molecule has 3 aromatic heterocycles. The second-order valence-corrected chi connectivity index (χ2v) is 9.76. The predicted octanol–water partition coefficient (Wildman–Crippen LogP) is 4.34. The minimum Gasteiger partial charge on any atom is -0.326 e. The van der Waals surface area contributed by atoms with Crippen LogP contribution < -0.4 is 5.73 Å². The lowest BCUT2D eigenvalue weighted by Gasteiger charge is -2.24. The van der Waals surface area contributed by atoms with E-state index in [9.17, 15) is 0 Å². The first-order valence-electron chi connectivity index (χ1n) is 11.1. The van der Waals surface area contributed by atoms with E-state index in [1.807, 2.05) is 12.1 Å². The highest BCUT2D eigenvalue weighted by Crippen LogP contribution is 2.31. The van der Waals surface area contributed by atoms with E-state index >= 15 is 0 Å². The fourth-order valence-electron chi connectivity index (χ4n) is 4.58. The first kappa shape index (κ1) is 20.1. The van der Waals surface area contributed by atoms with Crippen LogP contribution in [0, 0.1) is 0 Å². The maximum atomic E-state index is 6.13. The number of para-hydroxylation sites is 1. The van der Waals surface area contributed by atoms with E-state index in [2.05, 4.69) is 83.7 Å². The highest BCUT2D eigenvalue weighted by atomic mass is 15.3. The van der Waals surface area contributed by atoms with Gasteiger partial charge in [0.1, 0.15) is 5.69 Å². The monoisotopic (exact) mass is 414 g/mol. The number of nitrogens with two attached hydrogens (primary N) is 1. The lowest BCUT2D eigenvalue weighted by molar-refractivity contribution is 0.259. The minimum absolute atomic E-state index is 0.0111. The second-order valence-electron chi connectivity index (χ2n) is 9.76. The van der Waals surface area contributed by atoms with Crippen LogP contribution in [0.3, 0.4) is 0 Å². The third kappa shape index (κ3) is 3.60. The lowest BCUT2D eigenvalue weighted by Crippen LogP contribution is -2.28. The average Bonchev–Trinajstić information content (AvgIpc) is 3.37. The van der Waals surface area contributed by atoms with Gasteiger partial charge >= 0.3 is 0 Å². The second kappa shape index (κ2) is 7.39. The van der Waals surface area contributed by atoms with Crippen molar-refractivity contribution in [1.82, 2.24) is 24.5 Å². The number of hydrogen-bond acceptors (Lipinski definition) is 5. The molecular formula is C25H30N6. The Labute approximate surface area is 183 Å². The summed E-state index contributed by atoms with van der Waals surface area (Å²) in [5.74, 6) is 0.771. The van der Waals surface area contributed by atoms with E-state index < -0.39 is 0 Å². The van der Waals surface area contributed by atoms with Crippen LogP contribution in [0.4, 0.5) is 0 Å². The number of fused-ring (bicyclic) bond motifs is 2. The van der Waals surface area contributed by atoms with Crippen molar-refractivity contribution < 1.29 is 0 Å². The Morgan fingerprint density at radius 3 is 2.65 bits per heavy atom. The molecule has 4 heterocycles. The smallest absolute Gasteiger partial charge is 0.187 e. The minimum atomic E-state index is 0.0111. The van der Waals surface area contributed by atoms with Crippen molar-refractivity contribution in [3.63, 3.8) is 0 Å². The lowest BCUT2D eigenvalue weighted by atomic mass is 9.85. The molecule has 6 heteroatoms. The van der Waals surface area contributed by atoms with E-state index in [4.69, 9.17) is 10.7 Å². The van der Waals surface area contributed by atoms with Crippen LogP contribution in [-0.2, 0) is 5.41 Å². The topological polar surface area (TPSA) is 72.3 Å². The molecule has 0 aliphatic carbocycles. The van der Waals surface area contributed by atoms with Crippen LogP contribution >= 0.6 is 0 Å². The maximum absolute atomic E-state index is 6.13. The molecule has 4 aromatic rings. The van der Waals surface area contributed by atoms with Crippen LogP contribution in [0.1, 0.15) is 51.3 Å². The van der Waals surface area contributed by atoms with Crippen LogP contribution in [0.15, 0.2) is 48.7 Å². The van der Waals surface area contributed by atoms with Gasteiger partial charge in [-0.05, 0) is 42.0 Å². The Bertz CT molecular complexity index is 1250. The molecule has 1 aliphatic rings. The summed E-state index contributed by atoms with van der Waals surface area (Å²) in [6.07, 6.45) is 3.21. The van der Waals surface area contributed by atoms with Gasteiger partial charge in [-0.2, -0.15) is 0 Å². The Morgan fingerprint density at radius 1 is 1.06 bits per heavy atom. The van der Waals surface area contributed by atoms with Crippen molar-refractivity contribution in [1.29, 1.82) is 0 Å². The Hall–Kier alpha value is -2.83. The Balaban J connectivity index is 1.59. The molecular weight excluding hydrogens is 384 g/mol. The van der Waals surface area contributed by atoms with Crippen molar-refractivity contribution in [3.8, 4) is 11.5 Å². The highest BCUT2D eigenvalue weighted by molar-refractivity contribution is 5.84. The van der Waals surface area contributed by atoms with Gasteiger partial charge in [-0.1, -0.05) is 51.1 Å². The summed E-state index contributed by atoms with van der Waals surface area (Å²) in [5, 5.41) is 10.0. The van der Waals surface area contributed by atoms with E-state index in [1.165, 1.54) is 11.1 Å². The zero-order valence-corrected chi connectivity index (χ0v) is 18.7. The normalized spacial score (nSPS) is 18.8. The summed E-state index contributed by atoms with van der Waals surface area (Å²) in [7, 11) is 0. The first-order chi connectivity index (χ1) is 14.8. The van der Waals surface area contributed by atoms with Gasteiger partial charge in [0.05, 0.1) is 5.52 Å². The molecule has 5 rings (SSSR count). The van der Waals surface area contributed by atoms with Gasteiger partial charge in [0.25, 0.3) is 0 Å². The molecule has 0 bridgehead atoms. The molecule has 0 radical (unpaired) electrons. The summed E-state index contributed by atoms with van der Waals surface area (Å²) in [6, 6.07) is 15.3. The zero-order chi connectivity index (χ0) is 21.8. The summed E-state index contributed by atoms with van der Waals surface area (Å²) in [6.45, 7) is 10.9. The van der Waals surface area contributed by atoms with Gasteiger partial charge in [-0.3, -0.25) is 9.30 Å². The van der Waals surface area contributed by atoms with Crippen molar-refractivity contribution >= 4 is 16.6 Å². The van der Waals surface area contributed by atoms with Gasteiger partial charge in [-0.15, -0.1) is 10.2 Å². The quantitative estimate of drug-likeness (QED) is 0.540. The van der Waals surface area contributed by atoms with E-state index in [-0.39, 0.29) is 11.5 Å². The van der Waals surface area contributed by atoms with Crippen molar-refractivity contribution in [2.45, 2.75) is 51.6 Å². The van der Waals surface area contributed by atoms with Crippen LogP contribution in [-0.4, -0.2) is 43.6 Å². The number of pyridine rings is 2. The number of nitrogens with zero attached hydrogens (tertiary/aromatic N) is 5. The maximum Gasteiger partial charge on any atom is 0.187 e. The highest BCUT2D eigenvalue weighted by Gasteiger charge is 2.25. The molecule has 0 spiro atoms. The third-order valence-electron chi connectivity index (χ3n) is 6.47. The van der Waals surface area contributed by atoms with Gasteiger partial charge in [0.2, 0.25) is 0 Å². The van der Waals surface area contributed by atoms with Crippen LogP contribution in [0.2, 0.25) is 0 Å². The zero-order valence-electron chi connectivity index (χ0n) is 18.7. The Kier molecular flexibility index (Phi) is 4.79. The molecule has 1 saturated heterocycles. The van der Waals surface area contributed by atoms with Crippen molar-refractivity contribution in [2.75, 3.05) is 13.1 Å². The van der Waals surface area contributed by atoms with Gasteiger partial charge in [0, 0.05) is 36.8 Å². The molecule has 160 valence electrons. The number of rotatable bonds is 3.